The van der Waals surface area contributed by atoms with Crippen LogP contribution in [0.5, 0.6) is 0 Å². The second-order valence-corrected chi connectivity index (χ2v) is 7.49. The number of rotatable bonds is 2. The molecule has 0 saturated carbocycles. The van der Waals surface area contributed by atoms with Crippen LogP contribution in [0.25, 0.3) is 32.7 Å². The zero-order valence-electron chi connectivity index (χ0n) is 15.7. The predicted molar refractivity (Wildman–Crippen MR) is 121 cm³/mol. The lowest BCUT2D eigenvalue weighted by atomic mass is 9.91. The van der Waals surface area contributed by atoms with Gasteiger partial charge in [0.05, 0.1) is 0 Å². The minimum Gasteiger partial charge on any atom is -0.123 e. The van der Waals surface area contributed by atoms with Gasteiger partial charge in [0.25, 0.3) is 0 Å². The van der Waals surface area contributed by atoms with Gasteiger partial charge in [-0.2, -0.15) is 0 Å². The second-order valence-electron chi connectivity index (χ2n) is 6.64. The lowest BCUT2D eigenvalue weighted by molar-refractivity contribution is 1.31. The predicted octanol–water partition coefficient (Wildman–Crippen LogP) is 7.70. The summed E-state index contributed by atoms with van der Waals surface area (Å²) in [6.45, 7) is 6.36. The summed E-state index contributed by atoms with van der Waals surface area (Å²) < 4.78 is 0. The van der Waals surface area contributed by atoms with Crippen molar-refractivity contribution in [2.45, 2.75) is 27.2 Å². The fraction of sp³-hybridized carbons (Fsp3) is 0.160. The third-order valence-electron chi connectivity index (χ3n) is 4.73. The van der Waals surface area contributed by atoms with E-state index in [4.69, 9.17) is 0 Å². The van der Waals surface area contributed by atoms with Gasteiger partial charge in [-0.05, 0) is 58.5 Å². The van der Waals surface area contributed by atoms with Crippen LogP contribution >= 0.6 is 8.86 Å². The third-order valence-corrected chi connectivity index (χ3v) is 5.08. The minimum absolute atomic E-state index is 1.14. The van der Waals surface area contributed by atoms with E-state index in [1.54, 1.807) is 0 Å². The molecule has 0 atom stereocenters. The molecule has 130 valence electrons. The first kappa shape index (κ1) is 18.4. The molecule has 26 heavy (non-hydrogen) atoms. The van der Waals surface area contributed by atoms with E-state index in [0.29, 0.717) is 0 Å². The van der Waals surface area contributed by atoms with Gasteiger partial charge in [-0.15, -0.1) is 8.86 Å². The molecule has 0 saturated heterocycles. The molecule has 0 aromatic heterocycles. The van der Waals surface area contributed by atoms with Crippen molar-refractivity contribution in [2.75, 3.05) is 0 Å². The highest BCUT2D eigenvalue weighted by atomic mass is 31.0. The Morgan fingerprint density at radius 1 is 0.731 bits per heavy atom. The summed E-state index contributed by atoms with van der Waals surface area (Å²) in [6, 6.07) is 28.2. The topological polar surface area (TPSA) is 0 Å². The van der Waals surface area contributed by atoms with Crippen molar-refractivity contribution in [3.63, 3.8) is 0 Å². The number of aryl methyl sites for hydroxylation is 1. The van der Waals surface area contributed by atoms with Crippen LogP contribution in [0.3, 0.4) is 0 Å². The van der Waals surface area contributed by atoms with Crippen molar-refractivity contribution in [3.8, 4) is 11.1 Å². The first-order valence-electron chi connectivity index (χ1n) is 9.12. The number of fused-ring (bicyclic) bond motifs is 2. The quantitative estimate of drug-likeness (QED) is 0.323. The molecule has 0 unspecified atom stereocenters. The SMILES string of the molecule is CCC(C)=P.Cc1ccc2ccccc2c1-c1cccc2ccccc12. The monoisotopic (exact) mass is 356 g/mol. The molecule has 4 aromatic rings. The van der Waals surface area contributed by atoms with E-state index in [1.165, 1.54) is 43.5 Å². The van der Waals surface area contributed by atoms with Crippen LogP contribution in [0.1, 0.15) is 25.8 Å². The molecule has 0 N–H and O–H groups in total. The molecular formula is C25H25P. The van der Waals surface area contributed by atoms with Gasteiger partial charge in [0.2, 0.25) is 0 Å². The normalized spacial score (nSPS) is 10.4. The van der Waals surface area contributed by atoms with Crippen molar-refractivity contribution in [1.82, 2.24) is 0 Å². The average Bonchev–Trinajstić information content (AvgIpc) is 2.68. The maximum Gasteiger partial charge on any atom is -0.00699 e. The molecule has 4 aromatic carbocycles. The number of hydrogen-bond acceptors (Lipinski definition) is 0. The summed E-state index contributed by atoms with van der Waals surface area (Å²) in [7, 11) is 3.33. The molecule has 0 aliphatic rings. The third kappa shape index (κ3) is 3.87. The Morgan fingerprint density at radius 3 is 1.92 bits per heavy atom. The zero-order valence-corrected chi connectivity index (χ0v) is 16.7. The standard InChI is InChI=1S/C21H16.C4H9P/c1-15-13-14-17-8-3-5-11-19(17)21(15)20-12-6-9-16-7-2-4-10-18(16)20;1-3-4(2)5/h2-14H,1H3;5H,3H2,1-2H3. The van der Waals surface area contributed by atoms with Gasteiger partial charge < -0.3 is 0 Å². The number of benzene rings is 4. The van der Waals surface area contributed by atoms with Gasteiger partial charge in [-0.1, -0.05) is 91.1 Å². The summed E-state index contributed by atoms with van der Waals surface area (Å²) in [5.41, 5.74) is 4.00. The highest BCUT2D eigenvalue weighted by Crippen LogP contribution is 2.36. The molecule has 0 spiro atoms. The lowest BCUT2D eigenvalue weighted by Gasteiger charge is -2.13. The van der Waals surface area contributed by atoms with E-state index in [1.807, 2.05) is 0 Å². The van der Waals surface area contributed by atoms with E-state index in [-0.39, 0.29) is 0 Å². The molecule has 0 aliphatic heterocycles. The van der Waals surface area contributed by atoms with Gasteiger partial charge in [0.15, 0.2) is 0 Å². The van der Waals surface area contributed by atoms with E-state index in [2.05, 4.69) is 108 Å². The summed E-state index contributed by atoms with van der Waals surface area (Å²) in [6.07, 6.45) is 1.14. The van der Waals surface area contributed by atoms with Crippen molar-refractivity contribution in [1.29, 1.82) is 0 Å². The molecule has 0 nitrogen and oxygen atoms in total. The van der Waals surface area contributed by atoms with Gasteiger partial charge in [-0.25, -0.2) is 0 Å². The zero-order chi connectivity index (χ0) is 18.5. The molecule has 0 bridgehead atoms. The average molecular weight is 356 g/mol. The maximum absolute atomic E-state index is 3.33. The highest BCUT2D eigenvalue weighted by molar-refractivity contribution is 7.20. The van der Waals surface area contributed by atoms with Crippen LogP contribution < -0.4 is 0 Å². The van der Waals surface area contributed by atoms with Crippen LogP contribution in [-0.2, 0) is 0 Å². The summed E-state index contributed by atoms with van der Waals surface area (Å²) >= 11 is 0. The van der Waals surface area contributed by atoms with Crippen LogP contribution in [0.4, 0.5) is 0 Å². The van der Waals surface area contributed by atoms with Crippen molar-refractivity contribution in [2.24, 2.45) is 0 Å². The van der Waals surface area contributed by atoms with Gasteiger partial charge >= 0.3 is 0 Å². The molecule has 0 fully saturated rings. The van der Waals surface area contributed by atoms with Gasteiger partial charge in [0, 0.05) is 0 Å². The van der Waals surface area contributed by atoms with Gasteiger partial charge in [-0.3, -0.25) is 0 Å². The van der Waals surface area contributed by atoms with Crippen LogP contribution in [-0.4, -0.2) is 5.29 Å². The Hall–Kier alpha value is -2.43. The first-order chi connectivity index (χ1) is 12.6. The number of hydrogen-bond donors (Lipinski definition) is 0. The first-order valence-corrected chi connectivity index (χ1v) is 9.62. The van der Waals surface area contributed by atoms with Gasteiger partial charge in [0.1, 0.15) is 0 Å². The van der Waals surface area contributed by atoms with Crippen LogP contribution in [0.15, 0.2) is 78.9 Å². The molecule has 0 radical (unpaired) electrons. The summed E-state index contributed by atoms with van der Waals surface area (Å²) in [5.74, 6) is 0. The van der Waals surface area contributed by atoms with E-state index >= 15 is 0 Å². The van der Waals surface area contributed by atoms with Crippen LogP contribution in [0, 0.1) is 6.92 Å². The highest BCUT2D eigenvalue weighted by Gasteiger charge is 2.09. The van der Waals surface area contributed by atoms with Crippen LogP contribution in [0.2, 0.25) is 0 Å². The Balaban J connectivity index is 0.000000349. The largest absolute Gasteiger partial charge is 0.123 e. The maximum atomic E-state index is 3.33. The smallest absolute Gasteiger partial charge is 0.00699 e. The Labute approximate surface area is 158 Å². The fourth-order valence-corrected chi connectivity index (χ4v) is 3.18. The molecule has 4 rings (SSSR count). The fourth-order valence-electron chi connectivity index (χ4n) is 3.18. The van der Waals surface area contributed by atoms with Crippen molar-refractivity contribution >= 4 is 35.7 Å². The van der Waals surface area contributed by atoms with E-state index in [9.17, 15) is 0 Å². The Morgan fingerprint density at radius 2 is 1.27 bits per heavy atom. The van der Waals surface area contributed by atoms with E-state index in [0.717, 1.165) is 6.42 Å². The van der Waals surface area contributed by atoms with Crippen molar-refractivity contribution in [3.05, 3.63) is 84.4 Å². The molecular weight excluding hydrogens is 331 g/mol. The van der Waals surface area contributed by atoms with E-state index < -0.39 is 0 Å². The Kier molecular flexibility index (Phi) is 5.86. The molecule has 0 amide bonds. The summed E-state index contributed by atoms with van der Waals surface area (Å²) in [4.78, 5) is 0. The summed E-state index contributed by atoms with van der Waals surface area (Å²) in [5, 5.41) is 6.55. The minimum atomic E-state index is 1.14. The second kappa shape index (κ2) is 8.30. The molecule has 0 aliphatic carbocycles. The Bertz CT molecular complexity index is 1050. The van der Waals surface area contributed by atoms with Crippen molar-refractivity contribution < 1.29 is 0 Å². The molecule has 1 heteroatoms. The lowest BCUT2D eigenvalue weighted by Crippen LogP contribution is -1.87. The molecule has 0 heterocycles.